The van der Waals surface area contributed by atoms with Crippen molar-refractivity contribution < 1.29 is 23.8 Å². The van der Waals surface area contributed by atoms with Crippen molar-refractivity contribution in [2.24, 2.45) is 0 Å². The summed E-state index contributed by atoms with van der Waals surface area (Å²) in [6.07, 6.45) is 2.84. The van der Waals surface area contributed by atoms with Crippen molar-refractivity contribution in [2.75, 3.05) is 7.11 Å². The van der Waals surface area contributed by atoms with Gasteiger partial charge in [-0.15, -0.1) is 0 Å². The molecule has 0 saturated carbocycles. The predicted octanol–water partition coefficient (Wildman–Crippen LogP) is 3.74. The van der Waals surface area contributed by atoms with Crippen LogP contribution >= 0.6 is 0 Å². The molecule has 138 valence electrons. The number of carboxylic acid groups (broad SMARTS) is 1. The molecule has 0 radical (unpaired) electrons. The molecule has 0 saturated heterocycles. The van der Waals surface area contributed by atoms with Crippen molar-refractivity contribution in [1.29, 1.82) is 0 Å². The SMILES string of the molecule is COC(=O)CCc1ccccc1Cc1ccc(-c2nc(C(=O)O)co2)cc1. The Kier molecular flexibility index (Phi) is 5.66. The molecular formula is C21H19NO5. The van der Waals surface area contributed by atoms with Crippen molar-refractivity contribution >= 4 is 11.9 Å². The van der Waals surface area contributed by atoms with E-state index in [0.29, 0.717) is 18.4 Å². The van der Waals surface area contributed by atoms with E-state index < -0.39 is 5.97 Å². The fourth-order valence-corrected chi connectivity index (χ4v) is 2.80. The third-order valence-corrected chi connectivity index (χ3v) is 4.26. The average Bonchev–Trinajstić information content (AvgIpc) is 3.18. The Hall–Kier alpha value is -3.41. The van der Waals surface area contributed by atoms with E-state index in [9.17, 15) is 9.59 Å². The highest BCUT2D eigenvalue weighted by Gasteiger charge is 2.12. The van der Waals surface area contributed by atoms with Crippen molar-refractivity contribution in [3.05, 3.63) is 77.2 Å². The molecule has 1 N–H and O–H groups in total. The van der Waals surface area contributed by atoms with Crippen molar-refractivity contribution in [3.8, 4) is 11.5 Å². The van der Waals surface area contributed by atoms with Crippen LogP contribution in [0.5, 0.6) is 0 Å². The minimum atomic E-state index is -1.12. The van der Waals surface area contributed by atoms with Gasteiger partial charge in [0.05, 0.1) is 7.11 Å². The number of benzene rings is 2. The second-order valence-corrected chi connectivity index (χ2v) is 6.06. The molecule has 1 aromatic heterocycles. The molecular weight excluding hydrogens is 346 g/mol. The number of carbonyl (C=O) groups excluding carboxylic acids is 1. The number of rotatable bonds is 7. The maximum Gasteiger partial charge on any atom is 0.357 e. The Morgan fingerprint density at radius 3 is 2.41 bits per heavy atom. The molecule has 0 amide bonds. The Morgan fingerprint density at radius 1 is 1.07 bits per heavy atom. The molecule has 1 heterocycles. The summed E-state index contributed by atoms with van der Waals surface area (Å²) < 4.78 is 9.93. The Bertz CT molecular complexity index is 943. The van der Waals surface area contributed by atoms with Crippen LogP contribution in [-0.2, 0) is 22.4 Å². The molecule has 0 atom stereocenters. The largest absolute Gasteiger partial charge is 0.476 e. The number of aromatic carboxylic acids is 1. The van der Waals surface area contributed by atoms with Crippen LogP contribution in [0.1, 0.15) is 33.6 Å². The number of carbonyl (C=O) groups is 2. The number of nitrogens with zero attached hydrogens (tertiary/aromatic N) is 1. The second kappa shape index (κ2) is 8.31. The lowest BCUT2D eigenvalue weighted by molar-refractivity contribution is -0.140. The van der Waals surface area contributed by atoms with Crippen LogP contribution in [0.25, 0.3) is 11.5 Å². The first kappa shape index (κ1) is 18.4. The summed E-state index contributed by atoms with van der Waals surface area (Å²) >= 11 is 0. The summed E-state index contributed by atoms with van der Waals surface area (Å²) in [4.78, 5) is 26.2. The second-order valence-electron chi connectivity index (χ2n) is 6.06. The van der Waals surface area contributed by atoms with Crippen LogP contribution in [0.4, 0.5) is 0 Å². The monoisotopic (exact) mass is 365 g/mol. The van der Waals surface area contributed by atoms with E-state index in [-0.39, 0.29) is 17.6 Å². The van der Waals surface area contributed by atoms with E-state index in [1.807, 2.05) is 48.5 Å². The quantitative estimate of drug-likeness (QED) is 0.642. The first-order valence-corrected chi connectivity index (χ1v) is 8.48. The number of oxazole rings is 1. The van der Waals surface area contributed by atoms with E-state index >= 15 is 0 Å². The molecule has 2 aromatic carbocycles. The average molecular weight is 365 g/mol. The highest BCUT2D eigenvalue weighted by molar-refractivity contribution is 5.85. The Balaban J connectivity index is 1.73. The molecule has 3 aromatic rings. The molecule has 6 nitrogen and oxygen atoms in total. The fraction of sp³-hybridized carbons (Fsp3) is 0.190. The number of carboxylic acids is 1. The lowest BCUT2D eigenvalue weighted by Gasteiger charge is -2.09. The van der Waals surface area contributed by atoms with Crippen LogP contribution < -0.4 is 0 Å². The molecule has 0 aliphatic rings. The van der Waals surface area contributed by atoms with Crippen molar-refractivity contribution in [2.45, 2.75) is 19.3 Å². The number of hydrogen-bond acceptors (Lipinski definition) is 5. The summed E-state index contributed by atoms with van der Waals surface area (Å²) in [5.41, 5.74) is 3.96. The molecule has 3 rings (SSSR count). The predicted molar refractivity (Wildman–Crippen MR) is 98.5 cm³/mol. The number of aromatic nitrogens is 1. The van der Waals surface area contributed by atoms with Crippen LogP contribution in [0.2, 0.25) is 0 Å². The van der Waals surface area contributed by atoms with Crippen LogP contribution in [0, 0.1) is 0 Å². The minimum absolute atomic E-state index is 0.117. The molecule has 0 aliphatic carbocycles. The van der Waals surface area contributed by atoms with Gasteiger partial charge in [-0.25, -0.2) is 9.78 Å². The summed E-state index contributed by atoms with van der Waals surface area (Å²) in [5.74, 6) is -1.07. The maximum atomic E-state index is 11.4. The van der Waals surface area contributed by atoms with E-state index in [1.54, 1.807) is 0 Å². The molecule has 0 aliphatic heterocycles. The first-order valence-electron chi connectivity index (χ1n) is 8.48. The summed E-state index contributed by atoms with van der Waals surface area (Å²) in [5, 5.41) is 8.92. The molecule has 0 unspecified atom stereocenters. The maximum absolute atomic E-state index is 11.4. The van der Waals surface area contributed by atoms with Gasteiger partial charge in [0.15, 0.2) is 5.69 Å². The highest BCUT2D eigenvalue weighted by Crippen LogP contribution is 2.22. The summed E-state index contributed by atoms with van der Waals surface area (Å²) in [6, 6.07) is 15.6. The number of methoxy groups -OCH3 is 1. The van der Waals surface area contributed by atoms with Crippen LogP contribution in [0.3, 0.4) is 0 Å². The first-order chi connectivity index (χ1) is 13.1. The molecule has 0 bridgehead atoms. The number of esters is 1. The molecule has 0 fully saturated rings. The van der Waals surface area contributed by atoms with E-state index in [1.165, 1.54) is 7.11 Å². The summed E-state index contributed by atoms with van der Waals surface area (Å²) in [7, 11) is 1.39. The Morgan fingerprint density at radius 2 is 1.78 bits per heavy atom. The normalized spacial score (nSPS) is 10.6. The molecule has 27 heavy (non-hydrogen) atoms. The van der Waals surface area contributed by atoms with Gasteiger partial charge in [-0.1, -0.05) is 36.4 Å². The van der Waals surface area contributed by atoms with Crippen LogP contribution in [0.15, 0.2) is 59.2 Å². The highest BCUT2D eigenvalue weighted by atomic mass is 16.5. The minimum Gasteiger partial charge on any atom is -0.476 e. The van der Waals surface area contributed by atoms with Crippen LogP contribution in [-0.4, -0.2) is 29.1 Å². The summed E-state index contributed by atoms with van der Waals surface area (Å²) in [6.45, 7) is 0. The van der Waals surface area contributed by atoms with Crippen molar-refractivity contribution in [3.63, 3.8) is 0 Å². The van der Waals surface area contributed by atoms with Crippen molar-refractivity contribution in [1.82, 2.24) is 4.98 Å². The van der Waals surface area contributed by atoms with E-state index in [4.69, 9.17) is 14.3 Å². The smallest absolute Gasteiger partial charge is 0.357 e. The van der Waals surface area contributed by atoms with Gasteiger partial charge in [0.2, 0.25) is 5.89 Å². The lowest BCUT2D eigenvalue weighted by atomic mass is 9.96. The topological polar surface area (TPSA) is 89.6 Å². The fourth-order valence-electron chi connectivity index (χ4n) is 2.80. The van der Waals surface area contributed by atoms with Gasteiger partial charge >= 0.3 is 11.9 Å². The third-order valence-electron chi connectivity index (χ3n) is 4.26. The molecule has 6 heteroatoms. The van der Waals surface area contributed by atoms with Gasteiger partial charge in [-0.05, 0) is 41.7 Å². The lowest BCUT2D eigenvalue weighted by Crippen LogP contribution is -2.04. The van der Waals surface area contributed by atoms with Gasteiger partial charge in [0, 0.05) is 12.0 Å². The van der Waals surface area contributed by atoms with Gasteiger partial charge < -0.3 is 14.3 Å². The van der Waals surface area contributed by atoms with Gasteiger partial charge in [-0.3, -0.25) is 4.79 Å². The van der Waals surface area contributed by atoms with E-state index in [0.717, 1.165) is 29.4 Å². The zero-order valence-electron chi connectivity index (χ0n) is 14.8. The molecule has 0 spiro atoms. The van der Waals surface area contributed by atoms with Gasteiger partial charge in [0.1, 0.15) is 6.26 Å². The zero-order valence-corrected chi connectivity index (χ0v) is 14.8. The van der Waals surface area contributed by atoms with Gasteiger partial charge in [0.25, 0.3) is 0 Å². The zero-order chi connectivity index (χ0) is 19.2. The van der Waals surface area contributed by atoms with Gasteiger partial charge in [-0.2, -0.15) is 0 Å². The Labute approximate surface area is 156 Å². The third kappa shape index (κ3) is 4.61. The number of aryl methyl sites for hydroxylation is 1. The standard InChI is InChI=1S/C21H19NO5/c1-26-19(23)11-10-15-4-2-3-5-17(15)12-14-6-8-16(9-7-14)20-22-18(13-27-20)21(24)25/h2-9,13H,10-12H2,1H3,(H,24,25). The number of hydrogen-bond donors (Lipinski definition) is 1. The van der Waals surface area contributed by atoms with E-state index in [2.05, 4.69) is 4.98 Å². The number of ether oxygens (including phenoxy) is 1.